The van der Waals surface area contributed by atoms with E-state index in [-0.39, 0.29) is 5.41 Å². The van der Waals surface area contributed by atoms with Crippen LogP contribution in [0.5, 0.6) is 0 Å². The van der Waals surface area contributed by atoms with E-state index in [0.717, 1.165) is 19.3 Å². The summed E-state index contributed by atoms with van der Waals surface area (Å²) in [5.74, 6) is 1.19. The lowest BCUT2D eigenvalue weighted by Crippen LogP contribution is -2.43. The summed E-state index contributed by atoms with van der Waals surface area (Å²) >= 11 is 0. The van der Waals surface area contributed by atoms with Crippen molar-refractivity contribution in [2.75, 3.05) is 0 Å². The lowest BCUT2D eigenvalue weighted by atomic mass is 9.62. The summed E-state index contributed by atoms with van der Waals surface area (Å²) in [7, 11) is 0. The van der Waals surface area contributed by atoms with Crippen molar-refractivity contribution < 1.29 is 5.11 Å². The van der Waals surface area contributed by atoms with Crippen molar-refractivity contribution in [3.63, 3.8) is 0 Å². The Balaban J connectivity index is 1.80. The fraction of sp³-hybridized carbons (Fsp3) is 0.700. The molecule has 1 aromatic rings. The van der Waals surface area contributed by atoms with E-state index in [2.05, 4.69) is 45.0 Å². The molecule has 0 bridgehead atoms. The fourth-order valence-electron chi connectivity index (χ4n) is 5.38. The van der Waals surface area contributed by atoms with Crippen LogP contribution in [0.4, 0.5) is 0 Å². The van der Waals surface area contributed by atoms with Gasteiger partial charge >= 0.3 is 0 Å². The summed E-state index contributed by atoms with van der Waals surface area (Å²) in [5, 5.41) is 11.3. The summed E-state index contributed by atoms with van der Waals surface area (Å²) in [4.78, 5) is 0. The Hall–Kier alpha value is -0.820. The Bertz CT molecular complexity index is 504. The van der Waals surface area contributed by atoms with E-state index in [1.54, 1.807) is 0 Å². The van der Waals surface area contributed by atoms with Crippen LogP contribution in [0.15, 0.2) is 24.3 Å². The summed E-state index contributed by atoms with van der Waals surface area (Å²) in [6, 6.07) is 8.88. The third-order valence-electron chi connectivity index (χ3n) is 5.56. The van der Waals surface area contributed by atoms with Crippen LogP contribution in [-0.4, -0.2) is 10.7 Å². The second-order valence-electron chi connectivity index (χ2n) is 8.57. The van der Waals surface area contributed by atoms with Crippen molar-refractivity contribution in [2.45, 2.75) is 77.2 Å². The highest BCUT2D eigenvalue weighted by Gasteiger charge is 2.43. The predicted octanol–water partition coefficient (Wildman–Crippen LogP) is 5.07. The van der Waals surface area contributed by atoms with Crippen LogP contribution in [0.2, 0.25) is 0 Å². The van der Waals surface area contributed by atoms with Gasteiger partial charge in [0, 0.05) is 0 Å². The molecule has 2 aliphatic rings. The average Bonchev–Trinajstić information content (AvgIpc) is 2.35. The molecule has 0 aliphatic heterocycles. The van der Waals surface area contributed by atoms with Gasteiger partial charge in [0.05, 0.1) is 5.60 Å². The number of benzene rings is 1. The highest BCUT2D eigenvalue weighted by molar-refractivity contribution is 5.33. The maximum Gasteiger partial charge on any atom is 0.0661 e. The minimum Gasteiger partial charge on any atom is -0.390 e. The van der Waals surface area contributed by atoms with Gasteiger partial charge in [-0.25, -0.2) is 0 Å². The van der Waals surface area contributed by atoms with Gasteiger partial charge in [0.1, 0.15) is 0 Å². The second kappa shape index (κ2) is 5.43. The monoisotopic (exact) mass is 286 g/mol. The summed E-state index contributed by atoms with van der Waals surface area (Å²) in [6.07, 6.45) is 7.88. The molecule has 0 heterocycles. The van der Waals surface area contributed by atoms with E-state index >= 15 is 0 Å². The number of aliphatic hydroxyl groups is 1. The Labute approximate surface area is 129 Å². The number of aryl methyl sites for hydroxylation is 1. The minimum absolute atomic E-state index is 0.278. The van der Waals surface area contributed by atoms with E-state index in [1.165, 1.54) is 36.8 Å². The van der Waals surface area contributed by atoms with Crippen molar-refractivity contribution in [3.8, 4) is 0 Å². The highest BCUT2D eigenvalue weighted by Crippen LogP contribution is 2.48. The molecule has 0 saturated heterocycles. The molecule has 0 amide bonds. The maximum absolute atomic E-state index is 11.3. The first-order valence-electron chi connectivity index (χ1n) is 8.67. The predicted molar refractivity (Wildman–Crippen MR) is 88.5 cm³/mol. The summed E-state index contributed by atoms with van der Waals surface area (Å²) in [6.45, 7) is 6.95. The van der Waals surface area contributed by atoms with Gasteiger partial charge in [0.25, 0.3) is 0 Å². The van der Waals surface area contributed by atoms with Gasteiger partial charge in [-0.15, -0.1) is 0 Å². The summed E-state index contributed by atoms with van der Waals surface area (Å²) in [5.41, 5.74) is 2.84. The molecule has 2 aliphatic carbocycles. The van der Waals surface area contributed by atoms with Gasteiger partial charge in [0.15, 0.2) is 0 Å². The quantitative estimate of drug-likeness (QED) is 0.804. The van der Waals surface area contributed by atoms with Crippen molar-refractivity contribution in [2.24, 2.45) is 11.3 Å². The van der Waals surface area contributed by atoms with Gasteiger partial charge in [-0.3, -0.25) is 0 Å². The highest BCUT2D eigenvalue weighted by atomic mass is 16.3. The van der Waals surface area contributed by atoms with Crippen LogP contribution in [0.25, 0.3) is 0 Å². The van der Waals surface area contributed by atoms with Crippen LogP contribution >= 0.6 is 0 Å². The Morgan fingerprint density at radius 2 is 1.95 bits per heavy atom. The zero-order valence-electron chi connectivity index (χ0n) is 13.9. The van der Waals surface area contributed by atoms with Crippen molar-refractivity contribution >= 4 is 0 Å². The number of fused-ring (bicyclic) bond motifs is 1. The van der Waals surface area contributed by atoms with Crippen molar-refractivity contribution in [1.29, 1.82) is 0 Å². The first kappa shape index (κ1) is 15.1. The molecular weight excluding hydrogens is 256 g/mol. The lowest BCUT2D eigenvalue weighted by Gasteiger charge is -2.46. The molecule has 1 nitrogen and oxygen atoms in total. The van der Waals surface area contributed by atoms with Crippen molar-refractivity contribution in [1.82, 2.24) is 0 Å². The molecule has 116 valence electrons. The van der Waals surface area contributed by atoms with Crippen LogP contribution in [0.1, 0.15) is 76.3 Å². The third kappa shape index (κ3) is 3.34. The standard InChI is InChI=1S/C20H30O/c1-15-11-19(2,3)14-20(21,12-15)13-17-9-6-8-16-7-4-5-10-18(16)17/h4-5,7,10,15,17,21H,6,8-9,11-14H2,1-3H3. The molecular formula is C20H30O. The topological polar surface area (TPSA) is 20.2 Å². The molecule has 0 radical (unpaired) electrons. The zero-order chi connectivity index (χ0) is 15.1. The molecule has 3 atom stereocenters. The third-order valence-corrected chi connectivity index (χ3v) is 5.56. The smallest absolute Gasteiger partial charge is 0.0661 e. The van der Waals surface area contributed by atoms with Gasteiger partial charge < -0.3 is 5.11 Å². The molecule has 0 spiro atoms. The molecule has 3 rings (SSSR count). The Kier molecular flexibility index (Phi) is 3.90. The summed E-state index contributed by atoms with van der Waals surface area (Å²) < 4.78 is 0. The molecule has 1 N–H and O–H groups in total. The van der Waals surface area contributed by atoms with E-state index in [0.29, 0.717) is 11.8 Å². The molecule has 0 aromatic heterocycles. The van der Waals surface area contributed by atoms with E-state index in [1.807, 2.05) is 0 Å². The normalized spacial score (nSPS) is 35.2. The number of rotatable bonds is 2. The fourth-order valence-corrected chi connectivity index (χ4v) is 5.38. The number of hydrogen-bond acceptors (Lipinski definition) is 1. The average molecular weight is 286 g/mol. The maximum atomic E-state index is 11.3. The molecule has 1 aromatic carbocycles. The SMILES string of the molecule is CC1CC(C)(C)CC(O)(CC2CCCc3ccccc32)C1. The van der Waals surface area contributed by atoms with Crippen LogP contribution < -0.4 is 0 Å². The zero-order valence-corrected chi connectivity index (χ0v) is 13.9. The van der Waals surface area contributed by atoms with Gasteiger partial charge in [0.2, 0.25) is 0 Å². The van der Waals surface area contributed by atoms with Gasteiger partial charge in [-0.1, -0.05) is 45.0 Å². The van der Waals surface area contributed by atoms with Gasteiger partial charge in [-0.05, 0) is 73.3 Å². The molecule has 1 fully saturated rings. The van der Waals surface area contributed by atoms with Crippen LogP contribution in [-0.2, 0) is 6.42 Å². The molecule has 1 saturated carbocycles. The van der Waals surface area contributed by atoms with Gasteiger partial charge in [-0.2, -0.15) is 0 Å². The minimum atomic E-state index is -0.462. The van der Waals surface area contributed by atoms with E-state index in [9.17, 15) is 5.11 Å². The molecule has 21 heavy (non-hydrogen) atoms. The van der Waals surface area contributed by atoms with Crippen molar-refractivity contribution in [3.05, 3.63) is 35.4 Å². The first-order chi connectivity index (χ1) is 9.87. The first-order valence-corrected chi connectivity index (χ1v) is 8.67. The van der Waals surface area contributed by atoms with Crippen LogP contribution in [0, 0.1) is 11.3 Å². The Morgan fingerprint density at radius 3 is 2.71 bits per heavy atom. The number of hydrogen-bond donors (Lipinski definition) is 1. The largest absolute Gasteiger partial charge is 0.390 e. The van der Waals surface area contributed by atoms with E-state index in [4.69, 9.17) is 0 Å². The molecule has 3 unspecified atom stereocenters. The lowest BCUT2D eigenvalue weighted by molar-refractivity contribution is -0.0686. The van der Waals surface area contributed by atoms with Crippen LogP contribution in [0.3, 0.4) is 0 Å². The second-order valence-corrected chi connectivity index (χ2v) is 8.57. The Morgan fingerprint density at radius 1 is 1.19 bits per heavy atom. The molecule has 1 heteroatoms. The van der Waals surface area contributed by atoms with E-state index < -0.39 is 5.60 Å².